The molecule has 0 aliphatic heterocycles. The number of aliphatic carboxylic acids is 1. The molecule has 0 fully saturated rings. The molecule has 1 atom stereocenters. The Labute approximate surface area is 168 Å². The van der Waals surface area contributed by atoms with Crippen LogP contribution >= 0.6 is 0 Å². The molecule has 6 nitrogen and oxygen atoms in total. The highest BCUT2D eigenvalue weighted by Crippen LogP contribution is 2.35. The molecule has 0 bridgehead atoms. The summed E-state index contributed by atoms with van der Waals surface area (Å²) < 4.78 is 1.62. The maximum Gasteiger partial charge on any atom is 0.340 e. The minimum absolute atomic E-state index is 0.226. The molecule has 146 valence electrons. The second kappa shape index (κ2) is 6.83. The van der Waals surface area contributed by atoms with Gasteiger partial charge in [-0.2, -0.15) is 5.10 Å². The highest BCUT2D eigenvalue weighted by molar-refractivity contribution is 5.84. The van der Waals surface area contributed by atoms with Crippen molar-refractivity contribution in [2.75, 3.05) is 0 Å². The number of hydrogen-bond donors (Lipinski definition) is 2. The van der Waals surface area contributed by atoms with Crippen LogP contribution in [-0.4, -0.2) is 30.8 Å². The van der Waals surface area contributed by atoms with Gasteiger partial charge in [-0.15, -0.1) is 0 Å². The Morgan fingerprint density at radius 3 is 2.28 bits per heavy atom. The van der Waals surface area contributed by atoms with Crippen LogP contribution in [0.2, 0.25) is 0 Å². The summed E-state index contributed by atoms with van der Waals surface area (Å²) >= 11 is 0. The summed E-state index contributed by atoms with van der Waals surface area (Å²) in [5.74, 6) is -1.34. The molecule has 0 radical (unpaired) electrons. The molecule has 4 rings (SSSR count). The number of carbonyl (C=O) groups is 1. The van der Waals surface area contributed by atoms with Gasteiger partial charge >= 0.3 is 5.97 Å². The van der Waals surface area contributed by atoms with Crippen LogP contribution in [0, 0.1) is 13.8 Å². The third kappa shape index (κ3) is 3.17. The molecule has 0 aliphatic carbocycles. The Kier molecular flexibility index (Phi) is 4.43. The van der Waals surface area contributed by atoms with E-state index in [-0.39, 0.29) is 5.56 Å². The maximum atomic E-state index is 11.9. The zero-order valence-electron chi connectivity index (χ0n) is 16.4. The first kappa shape index (κ1) is 18.8. The summed E-state index contributed by atoms with van der Waals surface area (Å²) in [6.45, 7) is 4.96. The van der Waals surface area contributed by atoms with Crippen molar-refractivity contribution in [1.82, 2.24) is 14.6 Å². The zero-order chi connectivity index (χ0) is 20.8. The van der Waals surface area contributed by atoms with Crippen LogP contribution in [0.1, 0.15) is 23.7 Å². The molecular weight excluding hydrogens is 366 g/mol. The van der Waals surface area contributed by atoms with Crippen molar-refractivity contribution < 1.29 is 15.0 Å². The highest BCUT2D eigenvalue weighted by atomic mass is 16.4. The van der Waals surface area contributed by atoms with Crippen molar-refractivity contribution in [3.05, 3.63) is 77.5 Å². The Balaban J connectivity index is 2.09. The Hall–Kier alpha value is -3.51. The Morgan fingerprint density at radius 2 is 1.66 bits per heavy atom. The molecule has 2 aromatic heterocycles. The van der Waals surface area contributed by atoms with E-state index in [1.807, 2.05) is 67.6 Å². The minimum Gasteiger partial charge on any atom is -0.479 e. The summed E-state index contributed by atoms with van der Waals surface area (Å²) in [6.07, 6.45) is 0. The second-order valence-corrected chi connectivity index (χ2v) is 7.33. The molecule has 0 amide bonds. The normalized spacial score (nSPS) is 13.4. The number of rotatable bonds is 4. The van der Waals surface area contributed by atoms with E-state index in [0.717, 1.165) is 22.4 Å². The third-order valence-electron chi connectivity index (χ3n) is 5.08. The molecule has 0 saturated carbocycles. The lowest BCUT2D eigenvalue weighted by Gasteiger charge is -2.24. The van der Waals surface area contributed by atoms with Crippen molar-refractivity contribution in [2.45, 2.75) is 26.4 Å². The topological polar surface area (TPSA) is 87.7 Å². The van der Waals surface area contributed by atoms with E-state index in [1.54, 1.807) is 11.4 Å². The number of nitrogens with zero attached hydrogens (tertiary/aromatic N) is 3. The molecule has 0 aliphatic rings. The zero-order valence-corrected chi connectivity index (χ0v) is 16.4. The molecular formula is C23H21N3O3. The largest absolute Gasteiger partial charge is 0.479 e. The molecule has 6 heteroatoms. The van der Waals surface area contributed by atoms with E-state index in [9.17, 15) is 15.0 Å². The average molecular weight is 387 g/mol. The van der Waals surface area contributed by atoms with Gasteiger partial charge in [0.15, 0.2) is 11.2 Å². The molecule has 29 heavy (non-hydrogen) atoms. The smallest absolute Gasteiger partial charge is 0.340 e. The molecule has 0 saturated heterocycles. The van der Waals surface area contributed by atoms with E-state index in [4.69, 9.17) is 5.10 Å². The van der Waals surface area contributed by atoms with Crippen molar-refractivity contribution in [3.8, 4) is 22.5 Å². The van der Waals surface area contributed by atoms with Crippen molar-refractivity contribution in [3.63, 3.8) is 0 Å². The van der Waals surface area contributed by atoms with Gasteiger partial charge in [-0.05, 0) is 20.8 Å². The van der Waals surface area contributed by atoms with Crippen LogP contribution in [0.4, 0.5) is 0 Å². The fourth-order valence-corrected chi connectivity index (χ4v) is 3.54. The number of fused-ring (bicyclic) bond motifs is 1. The quantitative estimate of drug-likeness (QED) is 0.553. The van der Waals surface area contributed by atoms with E-state index in [1.165, 1.54) is 6.92 Å². The summed E-state index contributed by atoms with van der Waals surface area (Å²) in [5.41, 5.74) is 3.13. The van der Waals surface area contributed by atoms with Gasteiger partial charge in [0, 0.05) is 28.5 Å². The number of hydrogen-bond acceptors (Lipinski definition) is 4. The molecule has 2 heterocycles. The monoisotopic (exact) mass is 387 g/mol. The first-order valence-corrected chi connectivity index (χ1v) is 9.28. The molecule has 2 aromatic carbocycles. The lowest BCUT2D eigenvalue weighted by atomic mass is 9.90. The van der Waals surface area contributed by atoms with Crippen LogP contribution < -0.4 is 0 Å². The number of carboxylic acid groups (broad SMARTS) is 1. The lowest BCUT2D eigenvalue weighted by Crippen LogP contribution is -2.34. The number of aromatic nitrogens is 3. The first-order valence-electron chi connectivity index (χ1n) is 9.28. The van der Waals surface area contributed by atoms with Crippen molar-refractivity contribution in [1.29, 1.82) is 0 Å². The highest BCUT2D eigenvalue weighted by Gasteiger charge is 2.38. The van der Waals surface area contributed by atoms with Gasteiger partial charge in [-0.3, -0.25) is 0 Å². The molecule has 1 unspecified atom stereocenters. The van der Waals surface area contributed by atoms with Crippen molar-refractivity contribution in [2.24, 2.45) is 0 Å². The van der Waals surface area contributed by atoms with Gasteiger partial charge in [-0.1, -0.05) is 60.2 Å². The summed E-state index contributed by atoms with van der Waals surface area (Å²) in [7, 11) is 0. The number of benzene rings is 2. The van der Waals surface area contributed by atoms with E-state index < -0.39 is 11.6 Å². The number of aliphatic hydroxyl groups is 1. The van der Waals surface area contributed by atoms with Gasteiger partial charge in [-0.25, -0.2) is 14.3 Å². The van der Waals surface area contributed by atoms with E-state index >= 15 is 0 Å². The van der Waals surface area contributed by atoms with Gasteiger partial charge in [0.25, 0.3) is 0 Å². The average Bonchev–Trinajstić information content (AvgIpc) is 3.11. The fourth-order valence-electron chi connectivity index (χ4n) is 3.54. The second-order valence-electron chi connectivity index (χ2n) is 7.33. The fraction of sp³-hybridized carbons (Fsp3) is 0.174. The third-order valence-corrected chi connectivity index (χ3v) is 5.08. The van der Waals surface area contributed by atoms with Gasteiger partial charge in [0.1, 0.15) is 0 Å². The predicted octanol–water partition coefficient (Wildman–Crippen LogP) is 3.97. The van der Waals surface area contributed by atoms with Gasteiger partial charge < -0.3 is 10.2 Å². The van der Waals surface area contributed by atoms with Gasteiger partial charge in [0.05, 0.1) is 11.4 Å². The Bertz CT molecular complexity index is 1210. The molecule has 0 spiro atoms. The SMILES string of the molecule is Cc1ccc(-c2c(C(C)(O)C(=O)O)c(C)nc3cc(-c4ccccc4)nn23)cc1. The predicted molar refractivity (Wildman–Crippen MR) is 111 cm³/mol. The molecule has 2 N–H and O–H groups in total. The first-order chi connectivity index (χ1) is 13.8. The van der Waals surface area contributed by atoms with E-state index in [0.29, 0.717) is 17.0 Å². The van der Waals surface area contributed by atoms with Gasteiger partial charge in [0.2, 0.25) is 0 Å². The van der Waals surface area contributed by atoms with Crippen LogP contribution in [0.5, 0.6) is 0 Å². The molecule has 4 aromatic rings. The number of carboxylic acids is 1. The maximum absolute atomic E-state index is 11.9. The number of aryl methyl sites for hydroxylation is 2. The van der Waals surface area contributed by atoms with E-state index in [2.05, 4.69) is 4.98 Å². The Morgan fingerprint density at radius 1 is 1.00 bits per heavy atom. The minimum atomic E-state index is -2.12. The lowest BCUT2D eigenvalue weighted by molar-refractivity contribution is -0.157. The van der Waals surface area contributed by atoms with Crippen LogP contribution in [0.25, 0.3) is 28.2 Å². The summed E-state index contributed by atoms with van der Waals surface area (Å²) in [6, 6.07) is 19.2. The van der Waals surface area contributed by atoms with Crippen molar-refractivity contribution >= 4 is 11.6 Å². The summed E-state index contributed by atoms with van der Waals surface area (Å²) in [4.78, 5) is 16.4. The van der Waals surface area contributed by atoms with Crippen LogP contribution in [0.15, 0.2) is 60.7 Å². The summed E-state index contributed by atoms with van der Waals surface area (Å²) in [5, 5.41) is 25.2. The van der Waals surface area contributed by atoms with Crippen LogP contribution in [-0.2, 0) is 10.4 Å². The standard InChI is InChI=1S/C23H21N3O3/c1-14-9-11-17(12-10-14)21-20(23(3,29)22(27)28)15(2)24-19-13-18(25-26(19)21)16-7-5-4-6-8-16/h4-13,29H,1-3H3,(H,27,28). The van der Waals surface area contributed by atoms with Crippen LogP contribution in [0.3, 0.4) is 0 Å².